The van der Waals surface area contributed by atoms with E-state index >= 15 is 0 Å². The van der Waals surface area contributed by atoms with Crippen LogP contribution in [0.5, 0.6) is 0 Å². The van der Waals surface area contributed by atoms with Crippen molar-refractivity contribution in [1.29, 1.82) is 0 Å². The molecule has 84 valence electrons. The molecule has 16 heavy (non-hydrogen) atoms. The largest absolute Gasteiger partial charge is 0.433 e. The maximum absolute atomic E-state index is 10.4. The molecule has 0 spiro atoms. The smallest absolute Gasteiger partial charge is 0.405 e. The fourth-order valence-corrected chi connectivity index (χ4v) is 2.48. The van der Waals surface area contributed by atoms with Gasteiger partial charge >= 0.3 is 5.88 Å². The van der Waals surface area contributed by atoms with Crippen LogP contribution in [-0.4, -0.2) is 15.1 Å². The van der Waals surface area contributed by atoms with Crippen LogP contribution in [0.4, 0.5) is 11.0 Å². The minimum atomic E-state index is -0.572. The van der Waals surface area contributed by atoms with Gasteiger partial charge in [-0.15, -0.1) is 10.2 Å². The molecule has 0 saturated carbocycles. The van der Waals surface area contributed by atoms with Crippen molar-refractivity contribution < 1.29 is 9.34 Å². The highest BCUT2D eigenvalue weighted by molar-refractivity contribution is 8.00. The summed E-state index contributed by atoms with van der Waals surface area (Å²) in [7, 11) is 0. The molecule has 2 heterocycles. The molecule has 0 fully saturated rings. The van der Waals surface area contributed by atoms with Gasteiger partial charge in [0.25, 0.3) is 0 Å². The molecule has 0 aliphatic heterocycles. The third kappa shape index (κ3) is 2.49. The maximum atomic E-state index is 10.4. The van der Waals surface area contributed by atoms with E-state index in [0.29, 0.717) is 21.0 Å². The van der Waals surface area contributed by atoms with Crippen LogP contribution < -0.4 is 5.73 Å². The molecule has 0 aliphatic carbocycles. The first kappa shape index (κ1) is 10.9. The van der Waals surface area contributed by atoms with Gasteiger partial charge < -0.3 is 10.2 Å². The van der Waals surface area contributed by atoms with Gasteiger partial charge in [-0.05, 0) is 6.07 Å². The minimum absolute atomic E-state index is 0.257. The normalized spacial score (nSPS) is 10.5. The highest BCUT2D eigenvalue weighted by Crippen LogP contribution is 2.28. The molecule has 0 atom stereocenters. The summed E-state index contributed by atoms with van der Waals surface area (Å²) >= 11 is 2.63. The molecule has 0 aliphatic rings. The van der Waals surface area contributed by atoms with Crippen molar-refractivity contribution in [3.05, 3.63) is 28.0 Å². The van der Waals surface area contributed by atoms with E-state index in [1.807, 2.05) is 0 Å². The monoisotopic (exact) mass is 258 g/mol. The van der Waals surface area contributed by atoms with Gasteiger partial charge in [0, 0.05) is 0 Å². The Hall–Kier alpha value is -1.61. The average Bonchev–Trinajstić information content (AvgIpc) is 2.83. The van der Waals surface area contributed by atoms with Gasteiger partial charge in [-0.3, -0.25) is 10.1 Å². The van der Waals surface area contributed by atoms with Crippen molar-refractivity contribution in [1.82, 2.24) is 10.2 Å². The van der Waals surface area contributed by atoms with E-state index in [-0.39, 0.29) is 5.88 Å². The van der Waals surface area contributed by atoms with Crippen molar-refractivity contribution >= 4 is 34.1 Å². The summed E-state index contributed by atoms with van der Waals surface area (Å²) in [5.74, 6) is 0.723. The van der Waals surface area contributed by atoms with Crippen LogP contribution in [0.1, 0.15) is 5.76 Å². The molecular formula is C7H6N4O3S2. The van der Waals surface area contributed by atoms with Crippen LogP contribution in [-0.2, 0) is 5.75 Å². The van der Waals surface area contributed by atoms with E-state index in [0.717, 1.165) is 0 Å². The molecule has 0 radical (unpaired) electrons. The summed E-state index contributed by atoms with van der Waals surface area (Å²) in [5.41, 5.74) is 5.41. The Labute approximate surface area is 97.8 Å². The Bertz CT molecular complexity index is 509. The first-order chi connectivity index (χ1) is 7.65. The summed E-state index contributed by atoms with van der Waals surface area (Å²) in [4.78, 5) is 9.79. The predicted octanol–water partition coefficient (Wildman–Crippen LogP) is 1.91. The summed E-state index contributed by atoms with van der Waals surface area (Å²) in [5, 5.41) is 18.2. The van der Waals surface area contributed by atoms with Crippen molar-refractivity contribution in [3.8, 4) is 0 Å². The van der Waals surface area contributed by atoms with Crippen LogP contribution in [0.2, 0.25) is 0 Å². The maximum Gasteiger partial charge on any atom is 0.433 e. The van der Waals surface area contributed by atoms with E-state index in [2.05, 4.69) is 10.2 Å². The number of anilines is 1. The van der Waals surface area contributed by atoms with Crippen molar-refractivity contribution in [2.24, 2.45) is 0 Å². The van der Waals surface area contributed by atoms with Crippen LogP contribution in [0, 0.1) is 10.1 Å². The van der Waals surface area contributed by atoms with Crippen LogP contribution in [0.3, 0.4) is 0 Å². The molecule has 0 amide bonds. The molecule has 2 rings (SSSR count). The third-order valence-corrected chi connectivity index (χ3v) is 3.50. The first-order valence-corrected chi connectivity index (χ1v) is 5.90. The van der Waals surface area contributed by atoms with Crippen LogP contribution in [0.25, 0.3) is 0 Å². The Morgan fingerprint density at radius 1 is 1.56 bits per heavy atom. The van der Waals surface area contributed by atoms with Gasteiger partial charge in [0.1, 0.15) is 10.7 Å². The Morgan fingerprint density at radius 2 is 2.38 bits per heavy atom. The lowest BCUT2D eigenvalue weighted by Gasteiger charge is -1.91. The number of nitro groups is 1. The fraction of sp³-hybridized carbons (Fsp3) is 0.143. The van der Waals surface area contributed by atoms with Gasteiger partial charge in [-0.25, -0.2) is 0 Å². The Morgan fingerprint density at radius 3 is 2.94 bits per heavy atom. The van der Waals surface area contributed by atoms with E-state index in [9.17, 15) is 10.1 Å². The lowest BCUT2D eigenvalue weighted by atomic mass is 10.5. The zero-order valence-electron chi connectivity index (χ0n) is 7.82. The van der Waals surface area contributed by atoms with Crippen molar-refractivity contribution in [2.45, 2.75) is 10.1 Å². The van der Waals surface area contributed by atoms with Gasteiger partial charge in [-0.1, -0.05) is 23.1 Å². The average molecular weight is 258 g/mol. The molecular weight excluding hydrogens is 252 g/mol. The standard InChI is InChI=1S/C7H6N4O3S2/c8-6-9-10-7(16-6)15-3-4-1-2-5(14-4)11(12)13/h1-2H,3H2,(H2,8,9). The van der Waals surface area contributed by atoms with E-state index < -0.39 is 4.92 Å². The zero-order valence-corrected chi connectivity index (χ0v) is 9.46. The van der Waals surface area contributed by atoms with Crippen LogP contribution in [0.15, 0.2) is 20.9 Å². The summed E-state index contributed by atoms with van der Waals surface area (Å²) in [6.45, 7) is 0. The third-order valence-electron chi connectivity index (χ3n) is 1.59. The number of hydrogen-bond acceptors (Lipinski definition) is 8. The minimum Gasteiger partial charge on any atom is -0.405 e. The quantitative estimate of drug-likeness (QED) is 0.507. The SMILES string of the molecule is Nc1nnc(SCc2ccc([N+](=O)[O-])o2)s1. The number of rotatable bonds is 4. The highest BCUT2D eigenvalue weighted by atomic mass is 32.2. The van der Waals surface area contributed by atoms with Gasteiger partial charge in [0.2, 0.25) is 5.13 Å². The summed E-state index contributed by atoms with van der Waals surface area (Å²) in [6.07, 6.45) is 0. The number of nitrogens with two attached hydrogens (primary N) is 1. The number of thioether (sulfide) groups is 1. The van der Waals surface area contributed by atoms with Gasteiger partial charge in [0.15, 0.2) is 4.34 Å². The van der Waals surface area contributed by atoms with Crippen molar-refractivity contribution in [2.75, 3.05) is 5.73 Å². The van der Waals surface area contributed by atoms with E-state index in [1.54, 1.807) is 6.07 Å². The number of aromatic nitrogens is 2. The molecule has 0 saturated heterocycles. The number of hydrogen-bond donors (Lipinski definition) is 1. The Balaban J connectivity index is 1.97. The summed E-state index contributed by atoms with van der Waals surface area (Å²) in [6, 6.07) is 2.89. The second-order valence-corrected chi connectivity index (χ2v) is 4.92. The lowest BCUT2D eigenvalue weighted by Crippen LogP contribution is -1.83. The van der Waals surface area contributed by atoms with Gasteiger partial charge in [-0.2, -0.15) is 0 Å². The van der Waals surface area contributed by atoms with Crippen molar-refractivity contribution in [3.63, 3.8) is 0 Å². The highest BCUT2D eigenvalue weighted by Gasteiger charge is 2.12. The number of nitrogens with zero attached hydrogens (tertiary/aromatic N) is 3. The molecule has 9 heteroatoms. The molecule has 7 nitrogen and oxygen atoms in total. The molecule has 0 bridgehead atoms. The topological polar surface area (TPSA) is 108 Å². The predicted molar refractivity (Wildman–Crippen MR) is 59.2 cm³/mol. The molecule has 2 aromatic heterocycles. The van der Waals surface area contributed by atoms with Crippen LogP contribution >= 0.6 is 23.1 Å². The number of furan rings is 1. The fourth-order valence-electron chi connectivity index (χ4n) is 0.954. The molecule has 2 aromatic rings. The van der Waals surface area contributed by atoms with E-state index in [4.69, 9.17) is 10.2 Å². The zero-order chi connectivity index (χ0) is 11.5. The van der Waals surface area contributed by atoms with Gasteiger partial charge in [0.05, 0.1) is 11.8 Å². The Kier molecular flexibility index (Phi) is 3.06. The van der Waals surface area contributed by atoms with E-state index in [1.165, 1.54) is 29.2 Å². The first-order valence-electron chi connectivity index (χ1n) is 4.10. The second-order valence-electron chi connectivity index (χ2n) is 2.69. The lowest BCUT2D eigenvalue weighted by molar-refractivity contribution is -0.402. The number of nitrogen functional groups attached to an aromatic ring is 1. The molecule has 0 aromatic carbocycles. The molecule has 2 N–H and O–H groups in total. The summed E-state index contributed by atoms with van der Waals surface area (Å²) < 4.78 is 5.68. The second kappa shape index (κ2) is 4.49. The molecule has 0 unspecified atom stereocenters.